The number of anilines is 1. The summed E-state index contributed by atoms with van der Waals surface area (Å²) in [6.07, 6.45) is 0.527. The van der Waals surface area contributed by atoms with Gasteiger partial charge in [-0.2, -0.15) is 0 Å². The summed E-state index contributed by atoms with van der Waals surface area (Å²) < 4.78 is 27.0. The van der Waals surface area contributed by atoms with E-state index in [0.717, 1.165) is 17.0 Å². The van der Waals surface area contributed by atoms with Gasteiger partial charge in [0.1, 0.15) is 11.6 Å². The summed E-state index contributed by atoms with van der Waals surface area (Å²) in [5.74, 6) is -4.25. The first-order chi connectivity index (χ1) is 12.2. The Kier molecular flexibility index (Phi) is 5.94. The van der Waals surface area contributed by atoms with Crippen LogP contribution in [0.1, 0.15) is 39.5 Å². The molecule has 26 heavy (non-hydrogen) atoms. The summed E-state index contributed by atoms with van der Waals surface area (Å²) in [4.78, 5) is 37.0. The van der Waals surface area contributed by atoms with Crippen molar-refractivity contribution in [3.63, 3.8) is 0 Å². The van der Waals surface area contributed by atoms with E-state index in [2.05, 4.69) is 5.32 Å². The van der Waals surface area contributed by atoms with Gasteiger partial charge in [0.25, 0.3) is 0 Å². The molecule has 1 unspecified atom stereocenters. The molecule has 0 aliphatic carbocycles. The van der Waals surface area contributed by atoms with Crippen LogP contribution in [-0.4, -0.2) is 35.0 Å². The zero-order chi connectivity index (χ0) is 19.5. The first-order valence-corrected chi connectivity index (χ1v) is 8.50. The zero-order valence-electron chi connectivity index (χ0n) is 14.7. The van der Waals surface area contributed by atoms with Crippen molar-refractivity contribution in [1.82, 2.24) is 5.32 Å². The normalized spacial score (nSPS) is 17.5. The molecule has 2 N–H and O–H groups in total. The SMILES string of the molecule is CCC(CC)(CC(=O)O)NC(=O)C1CC(=O)N(c2ccc(F)cc2F)C1. The van der Waals surface area contributed by atoms with E-state index in [1.54, 1.807) is 13.8 Å². The number of carbonyl (C=O) groups excluding carboxylic acids is 2. The fourth-order valence-corrected chi connectivity index (χ4v) is 3.19. The molecule has 0 spiro atoms. The smallest absolute Gasteiger partial charge is 0.305 e. The predicted octanol–water partition coefficient (Wildman–Crippen LogP) is 2.47. The molecule has 0 bridgehead atoms. The van der Waals surface area contributed by atoms with Gasteiger partial charge in [0.05, 0.1) is 18.0 Å². The number of halogens is 2. The molecule has 1 aromatic rings. The van der Waals surface area contributed by atoms with E-state index < -0.39 is 40.9 Å². The standard InChI is InChI=1S/C18H22F2N2O4/c1-3-18(4-2,9-16(24)25)21-17(26)11-7-15(23)22(10-11)14-6-5-12(19)8-13(14)20/h5-6,8,11H,3-4,7,9-10H2,1-2H3,(H,21,26)(H,24,25). The Labute approximate surface area is 150 Å². The van der Waals surface area contributed by atoms with Crippen LogP contribution in [0.25, 0.3) is 0 Å². The minimum atomic E-state index is -1.02. The Balaban J connectivity index is 2.14. The van der Waals surface area contributed by atoms with Crippen LogP contribution in [0.3, 0.4) is 0 Å². The van der Waals surface area contributed by atoms with Crippen LogP contribution in [0.2, 0.25) is 0 Å². The second-order valence-corrected chi connectivity index (χ2v) is 6.55. The van der Waals surface area contributed by atoms with Gasteiger partial charge in [-0.1, -0.05) is 13.8 Å². The summed E-state index contributed by atoms with van der Waals surface area (Å²) >= 11 is 0. The van der Waals surface area contributed by atoms with Crippen LogP contribution in [0, 0.1) is 17.6 Å². The highest BCUT2D eigenvalue weighted by Gasteiger charge is 2.39. The van der Waals surface area contributed by atoms with E-state index in [-0.39, 0.29) is 25.1 Å². The second kappa shape index (κ2) is 7.80. The maximum Gasteiger partial charge on any atom is 0.305 e. The maximum atomic E-state index is 13.9. The number of aliphatic carboxylic acids is 1. The van der Waals surface area contributed by atoms with Gasteiger partial charge >= 0.3 is 5.97 Å². The molecule has 6 nitrogen and oxygen atoms in total. The number of hydrogen-bond acceptors (Lipinski definition) is 3. The first-order valence-electron chi connectivity index (χ1n) is 8.50. The average molecular weight is 368 g/mol. The van der Waals surface area contributed by atoms with Crippen molar-refractivity contribution in [2.24, 2.45) is 5.92 Å². The van der Waals surface area contributed by atoms with Gasteiger partial charge in [-0.15, -0.1) is 0 Å². The molecular formula is C18H22F2N2O4. The van der Waals surface area contributed by atoms with E-state index in [9.17, 15) is 23.2 Å². The van der Waals surface area contributed by atoms with Gasteiger partial charge in [0, 0.05) is 24.6 Å². The van der Waals surface area contributed by atoms with Crippen LogP contribution in [0.15, 0.2) is 18.2 Å². The quantitative estimate of drug-likeness (QED) is 0.774. The number of carboxylic acid groups (broad SMARTS) is 1. The fraction of sp³-hybridized carbons (Fsp3) is 0.500. The molecule has 1 heterocycles. The number of amides is 2. The van der Waals surface area contributed by atoms with E-state index in [1.165, 1.54) is 0 Å². The number of benzene rings is 1. The Hall–Kier alpha value is -2.51. The van der Waals surface area contributed by atoms with Gasteiger partial charge in [-0.3, -0.25) is 14.4 Å². The number of carboxylic acids is 1. The number of carbonyl (C=O) groups is 3. The number of nitrogens with zero attached hydrogens (tertiary/aromatic N) is 1. The van der Waals surface area contributed by atoms with Gasteiger partial charge < -0.3 is 15.3 Å². The molecule has 0 radical (unpaired) electrons. The van der Waals surface area contributed by atoms with Gasteiger partial charge in [-0.05, 0) is 25.0 Å². The molecule has 1 saturated heterocycles. The average Bonchev–Trinajstić information content (AvgIpc) is 2.95. The number of rotatable bonds is 7. The Bertz CT molecular complexity index is 719. The lowest BCUT2D eigenvalue weighted by Crippen LogP contribution is -2.51. The lowest BCUT2D eigenvalue weighted by atomic mass is 9.88. The monoisotopic (exact) mass is 368 g/mol. The molecule has 2 amide bonds. The highest BCUT2D eigenvalue weighted by molar-refractivity contribution is 6.00. The third kappa shape index (κ3) is 4.17. The van der Waals surface area contributed by atoms with Crippen LogP contribution in [0.4, 0.5) is 14.5 Å². The summed E-state index contributed by atoms with van der Waals surface area (Å²) in [5, 5.41) is 11.9. The van der Waals surface area contributed by atoms with Crippen LogP contribution in [-0.2, 0) is 14.4 Å². The van der Waals surface area contributed by atoms with Gasteiger partial charge in [-0.25, -0.2) is 8.78 Å². The minimum Gasteiger partial charge on any atom is -0.481 e. The van der Waals surface area contributed by atoms with Crippen molar-refractivity contribution < 1.29 is 28.3 Å². The van der Waals surface area contributed by atoms with Gasteiger partial charge in [0.2, 0.25) is 11.8 Å². The molecule has 142 valence electrons. The van der Waals surface area contributed by atoms with E-state index in [4.69, 9.17) is 5.11 Å². The van der Waals surface area contributed by atoms with Crippen molar-refractivity contribution >= 4 is 23.5 Å². The van der Waals surface area contributed by atoms with Gasteiger partial charge in [0.15, 0.2) is 0 Å². The molecule has 1 fully saturated rings. The summed E-state index contributed by atoms with van der Waals surface area (Å²) in [6, 6.07) is 2.89. The number of nitrogens with one attached hydrogen (secondary N) is 1. The summed E-state index contributed by atoms with van der Waals surface area (Å²) in [5.41, 5.74) is -0.963. The van der Waals surface area contributed by atoms with Crippen LogP contribution in [0.5, 0.6) is 0 Å². The molecule has 0 saturated carbocycles. The third-order valence-electron chi connectivity index (χ3n) is 4.93. The summed E-state index contributed by atoms with van der Waals surface area (Å²) in [6.45, 7) is 3.53. The van der Waals surface area contributed by atoms with E-state index >= 15 is 0 Å². The van der Waals surface area contributed by atoms with Crippen LogP contribution >= 0.6 is 0 Å². The largest absolute Gasteiger partial charge is 0.481 e. The summed E-state index contributed by atoms with van der Waals surface area (Å²) in [7, 11) is 0. The maximum absolute atomic E-state index is 13.9. The van der Waals surface area contributed by atoms with Crippen molar-refractivity contribution in [1.29, 1.82) is 0 Å². The second-order valence-electron chi connectivity index (χ2n) is 6.55. The lowest BCUT2D eigenvalue weighted by molar-refractivity contribution is -0.139. The molecule has 1 atom stereocenters. The molecule has 1 aliphatic rings. The number of hydrogen-bond donors (Lipinski definition) is 2. The first kappa shape index (κ1) is 19.8. The zero-order valence-corrected chi connectivity index (χ0v) is 14.7. The minimum absolute atomic E-state index is 0.0379. The molecule has 2 rings (SSSR count). The molecule has 1 aromatic carbocycles. The fourth-order valence-electron chi connectivity index (χ4n) is 3.19. The highest BCUT2D eigenvalue weighted by atomic mass is 19.1. The Morgan fingerprint density at radius 2 is 1.96 bits per heavy atom. The highest BCUT2D eigenvalue weighted by Crippen LogP contribution is 2.29. The van der Waals surface area contributed by atoms with Crippen molar-refractivity contribution in [3.05, 3.63) is 29.8 Å². The predicted molar refractivity (Wildman–Crippen MR) is 90.5 cm³/mol. The van der Waals surface area contributed by atoms with E-state index in [1.807, 2.05) is 0 Å². The van der Waals surface area contributed by atoms with E-state index in [0.29, 0.717) is 18.9 Å². The molecule has 0 aromatic heterocycles. The molecular weight excluding hydrogens is 346 g/mol. The Morgan fingerprint density at radius 1 is 1.31 bits per heavy atom. The molecule has 8 heteroatoms. The van der Waals surface area contributed by atoms with Crippen molar-refractivity contribution in [3.8, 4) is 0 Å². The lowest BCUT2D eigenvalue weighted by Gasteiger charge is -2.32. The molecule has 1 aliphatic heterocycles. The Morgan fingerprint density at radius 3 is 2.50 bits per heavy atom. The van der Waals surface area contributed by atoms with Crippen molar-refractivity contribution in [2.45, 2.75) is 45.1 Å². The third-order valence-corrected chi connectivity index (χ3v) is 4.93. The topological polar surface area (TPSA) is 86.7 Å². The van der Waals surface area contributed by atoms with Crippen LogP contribution < -0.4 is 10.2 Å². The van der Waals surface area contributed by atoms with Crippen molar-refractivity contribution in [2.75, 3.05) is 11.4 Å².